The van der Waals surface area contributed by atoms with Gasteiger partial charge in [0.2, 0.25) is 0 Å². The zero-order chi connectivity index (χ0) is 13.1. The van der Waals surface area contributed by atoms with Crippen LogP contribution >= 0.6 is 11.6 Å². The third-order valence-corrected chi connectivity index (χ3v) is 3.90. The Morgan fingerprint density at radius 1 is 1.56 bits per heavy atom. The van der Waals surface area contributed by atoms with Crippen LogP contribution in [-0.2, 0) is 0 Å². The highest BCUT2D eigenvalue weighted by Crippen LogP contribution is 2.22. The Morgan fingerprint density at radius 2 is 2.33 bits per heavy atom. The standard InChI is InChI=1S/C14H18ClNO2/c1-10-7-12(17)4-5-13(10)14(18)16-6-2-3-11(8-15)9-16/h4-5,7,11,17H,2-3,6,8-9H2,1H3. The third-order valence-electron chi connectivity index (χ3n) is 3.46. The van der Waals surface area contributed by atoms with Crippen LogP contribution in [0.1, 0.15) is 28.8 Å². The van der Waals surface area contributed by atoms with E-state index >= 15 is 0 Å². The van der Waals surface area contributed by atoms with Crippen LogP contribution in [0.3, 0.4) is 0 Å². The van der Waals surface area contributed by atoms with Crippen molar-refractivity contribution in [2.45, 2.75) is 19.8 Å². The third kappa shape index (κ3) is 2.78. The highest BCUT2D eigenvalue weighted by Gasteiger charge is 2.24. The topological polar surface area (TPSA) is 40.5 Å². The number of hydrogen-bond acceptors (Lipinski definition) is 2. The number of amides is 1. The Labute approximate surface area is 112 Å². The fourth-order valence-corrected chi connectivity index (χ4v) is 2.69. The summed E-state index contributed by atoms with van der Waals surface area (Å²) in [5.74, 6) is 1.25. The Hall–Kier alpha value is -1.22. The first-order valence-electron chi connectivity index (χ1n) is 6.26. The molecule has 1 unspecified atom stereocenters. The van der Waals surface area contributed by atoms with Crippen molar-refractivity contribution in [3.63, 3.8) is 0 Å². The van der Waals surface area contributed by atoms with Gasteiger partial charge < -0.3 is 10.0 Å². The summed E-state index contributed by atoms with van der Waals surface area (Å²) in [7, 11) is 0. The molecule has 1 aromatic carbocycles. The molecule has 1 aliphatic heterocycles. The molecule has 3 nitrogen and oxygen atoms in total. The molecule has 98 valence electrons. The number of piperidine rings is 1. The van der Waals surface area contributed by atoms with Crippen molar-refractivity contribution >= 4 is 17.5 Å². The predicted octanol–water partition coefficient (Wildman–Crippen LogP) is 2.79. The largest absolute Gasteiger partial charge is 0.508 e. The summed E-state index contributed by atoms with van der Waals surface area (Å²) < 4.78 is 0. The van der Waals surface area contributed by atoms with Crippen molar-refractivity contribution in [2.75, 3.05) is 19.0 Å². The van der Waals surface area contributed by atoms with Crippen LogP contribution in [0.4, 0.5) is 0 Å². The number of carbonyl (C=O) groups is 1. The molecule has 1 saturated heterocycles. The molecule has 18 heavy (non-hydrogen) atoms. The van der Waals surface area contributed by atoms with Gasteiger partial charge in [-0.3, -0.25) is 4.79 Å². The molecule has 1 aromatic rings. The van der Waals surface area contributed by atoms with Crippen molar-refractivity contribution in [3.05, 3.63) is 29.3 Å². The summed E-state index contributed by atoms with van der Waals surface area (Å²) in [4.78, 5) is 14.3. The molecule has 0 saturated carbocycles. The zero-order valence-corrected chi connectivity index (χ0v) is 11.3. The van der Waals surface area contributed by atoms with Gasteiger partial charge >= 0.3 is 0 Å². The molecule has 1 N–H and O–H groups in total. The summed E-state index contributed by atoms with van der Waals surface area (Å²) in [6.07, 6.45) is 2.11. The lowest BCUT2D eigenvalue weighted by atomic mass is 9.98. The first kappa shape index (κ1) is 13.2. The number of aromatic hydroxyl groups is 1. The second-order valence-corrected chi connectivity index (χ2v) is 5.22. The van der Waals surface area contributed by atoms with Crippen LogP contribution in [0, 0.1) is 12.8 Å². The minimum atomic E-state index is 0.0438. The number of alkyl halides is 1. The lowest BCUT2D eigenvalue weighted by Gasteiger charge is -2.32. The molecule has 0 radical (unpaired) electrons. The minimum Gasteiger partial charge on any atom is -0.508 e. The number of phenols is 1. The van der Waals surface area contributed by atoms with Crippen LogP contribution in [0.25, 0.3) is 0 Å². The van der Waals surface area contributed by atoms with Gasteiger partial charge in [0, 0.05) is 24.5 Å². The second-order valence-electron chi connectivity index (χ2n) is 4.91. The van der Waals surface area contributed by atoms with E-state index in [1.165, 1.54) is 0 Å². The lowest BCUT2D eigenvalue weighted by molar-refractivity contribution is 0.0684. The predicted molar refractivity (Wildman–Crippen MR) is 72.2 cm³/mol. The number of phenolic OH excluding ortho intramolecular Hbond substituents is 1. The number of carbonyl (C=O) groups excluding carboxylic acids is 1. The Balaban J connectivity index is 2.15. The van der Waals surface area contributed by atoms with Crippen LogP contribution in [-0.4, -0.2) is 34.9 Å². The smallest absolute Gasteiger partial charge is 0.254 e. The van der Waals surface area contributed by atoms with Crippen LogP contribution in [0.15, 0.2) is 18.2 Å². The first-order valence-corrected chi connectivity index (χ1v) is 6.80. The molecule has 4 heteroatoms. The van der Waals surface area contributed by atoms with Crippen molar-refractivity contribution in [3.8, 4) is 5.75 Å². The van der Waals surface area contributed by atoms with E-state index in [-0.39, 0.29) is 11.7 Å². The van der Waals surface area contributed by atoms with E-state index in [2.05, 4.69) is 0 Å². The lowest BCUT2D eigenvalue weighted by Crippen LogP contribution is -2.40. The quantitative estimate of drug-likeness (QED) is 0.837. The van der Waals surface area contributed by atoms with Gasteiger partial charge in [-0.25, -0.2) is 0 Å². The highest BCUT2D eigenvalue weighted by atomic mass is 35.5. The first-order chi connectivity index (χ1) is 8.61. The number of benzene rings is 1. The number of likely N-dealkylation sites (tertiary alicyclic amines) is 1. The second kappa shape index (κ2) is 5.61. The van der Waals surface area contributed by atoms with Crippen LogP contribution < -0.4 is 0 Å². The molecule has 0 bridgehead atoms. The van der Waals surface area contributed by atoms with Crippen molar-refractivity contribution in [2.24, 2.45) is 5.92 Å². The van der Waals surface area contributed by atoms with Gasteiger partial charge in [-0.05, 0) is 49.4 Å². The zero-order valence-electron chi connectivity index (χ0n) is 10.5. The molecule has 1 fully saturated rings. The van der Waals surface area contributed by atoms with Gasteiger partial charge in [-0.1, -0.05) is 0 Å². The van der Waals surface area contributed by atoms with Gasteiger partial charge in [0.25, 0.3) is 5.91 Å². The highest BCUT2D eigenvalue weighted by molar-refractivity contribution is 6.18. The number of nitrogens with zero attached hydrogens (tertiary/aromatic N) is 1. The van der Waals surface area contributed by atoms with E-state index in [1.54, 1.807) is 18.2 Å². The average Bonchev–Trinajstić information content (AvgIpc) is 2.38. The SMILES string of the molecule is Cc1cc(O)ccc1C(=O)N1CCCC(CCl)C1. The summed E-state index contributed by atoms with van der Waals surface area (Å²) in [5.41, 5.74) is 1.48. The molecule has 1 atom stereocenters. The fourth-order valence-electron chi connectivity index (χ4n) is 2.43. The van der Waals surface area contributed by atoms with Gasteiger partial charge in [0.15, 0.2) is 0 Å². The number of aryl methyl sites for hydroxylation is 1. The molecule has 1 amide bonds. The van der Waals surface area contributed by atoms with Crippen molar-refractivity contribution < 1.29 is 9.90 Å². The molecule has 1 aliphatic rings. The minimum absolute atomic E-state index is 0.0438. The summed E-state index contributed by atoms with van der Waals surface area (Å²) in [5, 5.41) is 9.37. The van der Waals surface area contributed by atoms with Gasteiger partial charge in [0.05, 0.1) is 0 Å². The Kier molecular flexibility index (Phi) is 4.12. The average molecular weight is 268 g/mol. The van der Waals surface area contributed by atoms with Gasteiger partial charge in [-0.2, -0.15) is 0 Å². The van der Waals surface area contributed by atoms with E-state index in [0.717, 1.165) is 31.5 Å². The maximum Gasteiger partial charge on any atom is 0.254 e. The maximum absolute atomic E-state index is 12.4. The van der Waals surface area contributed by atoms with E-state index in [1.807, 2.05) is 11.8 Å². The van der Waals surface area contributed by atoms with Crippen LogP contribution in [0.2, 0.25) is 0 Å². The molecule has 0 spiro atoms. The normalized spacial score (nSPS) is 19.9. The van der Waals surface area contributed by atoms with Crippen LogP contribution in [0.5, 0.6) is 5.75 Å². The number of rotatable bonds is 2. The number of halogens is 1. The summed E-state index contributed by atoms with van der Waals surface area (Å²) in [6, 6.07) is 4.87. The maximum atomic E-state index is 12.4. The number of hydrogen-bond donors (Lipinski definition) is 1. The molecule has 0 aromatic heterocycles. The van der Waals surface area contributed by atoms with Gasteiger partial charge in [0.1, 0.15) is 5.75 Å². The van der Waals surface area contributed by atoms with Crippen molar-refractivity contribution in [1.82, 2.24) is 4.90 Å². The van der Waals surface area contributed by atoms with E-state index in [4.69, 9.17) is 11.6 Å². The van der Waals surface area contributed by atoms with E-state index in [0.29, 0.717) is 17.4 Å². The Bertz CT molecular complexity index is 447. The summed E-state index contributed by atoms with van der Waals surface area (Å²) >= 11 is 5.88. The summed E-state index contributed by atoms with van der Waals surface area (Å²) in [6.45, 7) is 3.38. The Morgan fingerprint density at radius 3 is 3.00 bits per heavy atom. The molecule has 2 rings (SSSR count). The molecule has 1 heterocycles. The molecular weight excluding hydrogens is 250 g/mol. The molecule has 0 aliphatic carbocycles. The van der Waals surface area contributed by atoms with Gasteiger partial charge in [-0.15, -0.1) is 11.6 Å². The van der Waals surface area contributed by atoms with E-state index in [9.17, 15) is 9.90 Å². The monoisotopic (exact) mass is 267 g/mol. The fraction of sp³-hybridized carbons (Fsp3) is 0.500. The van der Waals surface area contributed by atoms with E-state index < -0.39 is 0 Å². The van der Waals surface area contributed by atoms with Crippen molar-refractivity contribution in [1.29, 1.82) is 0 Å². The molecular formula is C14H18ClNO2.